The minimum atomic E-state index is -0.509. The van der Waals surface area contributed by atoms with E-state index in [1.54, 1.807) is 21.9 Å². The number of hydrogen-bond donors (Lipinski definition) is 0. The van der Waals surface area contributed by atoms with Gasteiger partial charge in [-0.2, -0.15) is 0 Å². The number of benzene rings is 2. The molecule has 26 heavy (non-hydrogen) atoms. The standard InChI is InChI=1S/C21H23FN2O2/c1-15-8-9-16(2)18(14-15)21(26)24-11-5-10-23(12-13-24)20(25)17-6-3-4-7-19(17)22/h3-4,6-9,14H,5,10-13H2,1-2H3. The van der Waals surface area contributed by atoms with Gasteiger partial charge in [0.15, 0.2) is 0 Å². The van der Waals surface area contributed by atoms with Crippen molar-refractivity contribution in [3.8, 4) is 0 Å². The van der Waals surface area contributed by atoms with E-state index >= 15 is 0 Å². The highest BCUT2D eigenvalue weighted by Gasteiger charge is 2.25. The van der Waals surface area contributed by atoms with Crippen LogP contribution in [0.4, 0.5) is 4.39 Å². The van der Waals surface area contributed by atoms with E-state index in [4.69, 9.17) is 0 Å². The first kappa shape index (κ1) is 18.1. The van der Waals surface area contributed by atoms with Gasteiger partial charge in [0.05, 0.1) is 5.56 Å². The summed E-state index contributed by atoms with van der Waals surface area (Å²) < 4.78 is 13.9. The van der Waals surface area contributed by atoms with E-state index in [2.05, 4.69) is 0 Å². The molecule has 0 bridgehead atoms. The Bertz CT molecular complexity index is 835. The highest BCUT2D eigenvalue weighted by Crippen LogP contribution is 2.17. The van der Waals surface area contributed by atoms with Crippen molar-refractivity contribution in [1.29, 1.82) is 0 Å². The van der Waals surface area contributed by atoms with E-state index in [0.717, 1.165) is 11.1 Å². The van der Waals surface area contributed by atoms with Gasteiger partial charge in [0.2, 0.25) is 0 Å². The van der Waals surface area contributed by atoms with Crippen LogP contribution < -0.4 is 0 Å². The Morgan fingerprint density at radius 3 is 2.12 bits per heavy atom. The fraction of sp³-hybridized carbons (Fsp3) is 0.333. The van der Waals surface area contributed by atoms with Crippen molar-refractivity contribution >= 4 is 11.8 Å². The summed E-state index contributed by atoms with van der Waals surface area (Å²) in [5, 5.41) is 0. The zero-order valence-corrected chi connectivity index (χ0v) is 15.2. The third-order valence-corrected chi connectivity index (χ3v) is 4.80. The predicted octanol–water partition coefficient (Wildman–Crippen LogP) is 3.43. The summed E-state index contributed by atoms with van der Waals surface area (Å²) in [7, 11) is 0. The fourth-order valence-corrected chi connectivity index (χ4v) is 3.27. The Hall–Kier alpha value is -2.69. The molecule has 0 aliphatic carbocycles. The number of hydrogen-bond acceptors (Lipinski definition) is 2. The maximum atomic E-state index is 13.9. The van der Waals surface area contributed by atoms with Gasteiger partial charge in [-0.3, -0.25) is 9.59 Å². The second-order valence-electron chi connectivity index (χ2n) is 6.74. The second-order valence-corrected chi connectivity index (χ2v) is 6.74. The number of carbonyl (C=O) groups is 2. The zero-order chi connectivity index (χ0) is 18.7. The molecule has 2 aromatic rings. The monoisotopic (exact) mass is 354 g/mol. The third kappa shape index (κ3) is 3.77. The van der Waals surface area contributed by atoms with Crippen LogP contribution in [0.15, 0.2) is 42.5 Å². The highest BCUT2D eigenvalue weighted by atomic mass is 19.1. The van der Waals surface area contributed by atoms with Crippen molar-refractivity contribution in [2.75, 3.05) is 26.2 Å². The molecule has 0 unspecified atom stereocenters. The molecule has 0 spiro atoms. The van der Waals surface area contributed by atoms with Gasteiger partial charge in [0, 0.05) is 31.7 Å². The summed E-state index contributed by atoms with van der Waals surface area (Å²) >= 11 is 0. The van der Waals surface area contributed by atoms with E-state index in [1.165, 1.54) is 12.1 Å². The van der Waals surface area contributed by atoms with Gasteiger partial charge in [0.1, 0.15) is 5.82 Å². The van der Waals surface area contributed by atoms with Crippen molar-refractivity contribution in [1.82, 2.24) is 9.80 Å². The van der Waals surface area contributed by atoms with Gasteiger partial charge in [-0.25, -0.2) is 4.39 Å². The largest absolute Gasteiger partial charge is 0.337 e. The Labute approximate surface area is 153 Å². The fourth-order valence-electron chi connectivity index (χ4n) is 3.27. The molecule has 5 heteroatoms. The SMILES string of the molecule is Cc1ccc(C)c(C(=O)N2CCCN(C(=O)c3ccccc3F)CC2)c1. The van der Waals surface area contributed by atoms with Gasteiger partial charge in [-0.15, -0.1) is 0 Å². The van der Waals surface area contributed by atoms with Gasteiger partial charge >= 0.3 is 0 Å². The first-order chi connectivity index (χ1) is 12.5. The van der Waals surface area contributed by atoms with Gasteiger partial charge in [-0.05, 0) is 44.0 Å². The lowest BCUT2D eigenvalue weighted by molar-refractivity contribution is 0.0715. The molecule has 136 valence electrons. The molecule has 2 amide bonds. The Morgan fingerprint density at radius 2 is 1.46 bits per heavy atom. The van der Waals surface area contributed by atoms with Crippen LogP contribution in [-0.2, 0) is 0 Å². The van der Waals surface area contributed by atoms with Crippen LogP contribution in [0.25, 0.3) is 0 Å². The number of aryl methyl sites for hydroxylation is 2. The molecule has 1 aliphatic heterocycles. The average molecular weight is 354 g/mol. The van der Waals surface area contributed by atoms with Crippen LogP contribution in [-0.4, -0.2) is 47.8 Å². The van der Waals surface area contributed by atoms with Gasteiger partial charge in [0.25, 0.3) is 11.8 Å². The lowest BCUT2D eigenvalue weighted by atomic mass is 10.0. The normalized spacial score (nSPS) is 14.9. The zero-order valence-electron chi connectivity index (χ0n) is 15.2. The molecule has 4 nitrogen and oxygen atoms in total. The molecule has 0 N–H and O–H groups in total. The van der Waals surface area contributed by atoms with Crippen molar-refractivity contribution in [3.05, 3.63) is 70.5 Å². The van der Waals surface area contributed by atoms with Crippen LogP contribution in [0.5, 0.6) is 0 Å². The van der Waals surface area contributed by atoms with E-state index < -0.39 is 5.82 Å². The second kappa shape index (κ2) is 7.68. The average Bonchev–Trinajstić information content (AvgIpc) is 2.89. The van der Waals surface area contributed by atoms with Crippen molar-refractivity contribution in [2.24, 2.45) is 0 Å². The Morgan fingerprint density at radius 1 is 0.846 bits per heavy atom. The number of amides is 2. The number of halogens is 1. The van der Waals surface area contributed by atoms with Crippen molar-refractivity contribution in [2.45, 2.75) is 20.3 Å². The number of carbonyl (C=O) groups excluding carboxylic acids is 2. The summed E-state index contributed by atoms with van der Waals surface area (Å²) in [5.41, 5.74) is 2.79. The summed E-state index contributed by atoms with van der Waals surface area (Å²) in [5.74, 6) is -0.833. The van der Waals surface area contributed by atoms with Crippen LogP contribution in [0.2, 0.25) is 0 Å². The topological polar surface area (TPSA) is 40.6 Å². The van der Waals surface area contributed by atoms with Gasteiger partial charge in [-0.1, -0.05) is 29.8 Å². The van der Waals surface area contributed by atoms with E-state index in [-0.39, 0.29) is 17.4 Å². The van der Waals surface area contributed by atoms with E-state index in [0.29, 0.717) is 38.2 Å². The summed E-state index contributed by atoms with van der Waals surface area (Å²) in [4.78, 5) is 28.9. The summed E-state index contributed by atoms with van der Waals surface area (Å²) in [6, 6.07) is 11.9. The van der Waals surface area contributed by atoms with Crippen molar-refractivity contribution < 1.29 is 14.0 Å². The molecule has 2 aromatic carbocycles. The summed E-state index contributed by atoms with van der Waals surface area (Å²) in [6.45, 7) is 5.86. The molecule has 1 saturated heterocycles. The summed E-state index contributed by atoms with van der Waals surface area (Å²) in [6.07, 6.45) is 0.677. The Balaban J connectivity index is 1.72. The molecular weight excluding hydrogens is 331 g/mol. The number of nitrogens with zero attached hydrogens (tertiary/aromatic N) is 2. The van der Waals surface area contributed by atoms with Crippen LogP contribution in [0.3, 0.4) is 0 Å². The Kier molecular flexibility index (Phi) is 5.35. The van der Waals surface area contributed by atoms with Crippen LogP contribution >= 0.6 is 0 Å². The van der Waals surface area contributed by atoms with Crippen LogP contribution in [0, 0.1) is 19.7 Å². The minimum absolute atomic E-state index is 0.00797. The lowest BCUT2D eigenvalue weighted by Crippen LogP contribution is -2.37. The minimum Gasteiger partial charge on any atom is -0.337 e. The molecule has 0 saturated carbocycles. The molecule has 1 aliphatic rings. The third-order valence-electron chi connectivity index (χ3n) is 4.80. The maximum Gasteiger partial charge on any atom is 0.256 e. The van der Waals surface area contributed by atoms with E-state index in [1.807, 2.05) is 32.0 Å². The quantitative estimate of drug-likeness (QED) is 0.829. The van der Waals surface area contributed by atoms with Gasteiger partial charge < -0.3 is 9.80 Å². The lowest BCUT2D eigenvalue weighted by Gasteiger charge is -2.23. The molecule has 1 fully saturated rings. The molecule has 3 rings (SSSR count). The predicted molar refractivity (Wildman–Crippen MR) is 98.7 cm³/mol. The maximum absolute atomic E-state index is 13.9. The first-order valence-electron chi connectivity index (χ1n) is 8.87. The molecule has 1 heterocycles. The van der Waals surface area contributed by atoms with Crippen LogP contribution in [0.1, 0.15) is 38.3 Å². The molecular formula is C21H23FN2O2. The molecule has 0 radical (unpaired) electrons. The first-order valence-corrected chi connectivity index (χ1v) is 8.87. The number of rotatable bonds is 2. The molecule has 0 atom stereocenters. The smallest absolute Gasteiger partial charge is 0.256 e. The van der Waals surface area contributed by atoms with E-state index in [9.17, 15) is 14.0 Å². The molecule has 0 aromatic heterocycles. The van der Waals surface area contributed by atoms with Crippen molar-refractivity contribution in [3.63, 3.8) is 0 Å². The highest BCUT2D eigenvalue weighted by molar-refractivity contribution is 5.96.